The maximum atomic E-state index is 12.4. The summed E-state index contributed by atoms with van der Waals surface area (Å²) in [7, 11) is 0. The van der Waals surface area contributed by atoms with Crippen molar-refractivity contribution in [3.8, 4) is 0 Å². The van der Waals surface area contributed by atoms with E-state index in [2.05, 4.69) is 10.2 Å². The van der Waals surface area contributed by atoms with E-state index in [1.165, 1.54) is 44.9 Å². The lowest BCUT2D eigenvalue weighted by molar-refractivity contribution is -0.137. The maximum absolute atomic E-state index is 12.4. The molecule has 3 fully saturated rings. The molecule has 1 unspecified atom stereocenters. The van der Waals surface area contributed by atoms with Gasteiger partial charge in [-0.3, -0.25) is 4.79 Å². The van der Waals surface area contributed by atoms with E-state index in [4.69, 9.17) is 0 Å². The fourth-order valence-electron chi connectivity index (χ4n) is 4.13. The Morgan fingerprint density at radius 2 is 1.78 bits per heavy atom. The molecule has 2 saturated heterocycles. The Balaban J connectivity index is 1.54. The van der Waals surface area contributed by atoms with E-state index >= 15 is 0 Å². The lowest BCUT2D eigenvalue weighted by Crippen LogP contribution is -2.46. The molecule has 1 amide bonds. The fourth-order valence-corrected chi connectivity index (χ4v) is 4.13. The van der Waals surface area contributed by atoms with Gasteiger partial charge in [0, 0.05) is 19.6 Å². The molecule has 3 rings (SSSR count). The number of hydrogen-bond acceptors (Lipinski definition) is 2. The number of amides is 1. The Labute approximate surface area is 110 Å². The summed E-state index contributed by atoms with van der Waals surface area (Å²) in [5.74, 6) is 0.691. The quantitative estimate of drug-likeness (QED) is 0.773. The summed E-state index contributed by atoms with van der Waals surface area (Å²) in [6.07, 6.45) is 10.7. The highest BCUT2D eigenvalue weighted by atomic mass is 16.2. The summed E-state index contributed by atoms with van der Waals surface area (Å²) in [5.41, 5.74) is 0.614. The number of carbonyl (C=O) groups is 1. The highest BCUT2D eigenvalue weighted by Gasteiger charge is 2.38. The largest absolute Gasteiger partial charge is 0.342 e. The van der Waals surface area contributed by atoms with Gasteiger partial charge < -0.3 is 10.2 Å². The lowest BCUT2D eigenvalue weighted by atomic mass is 9.68. The van der Waals surface area contributed by atoms with Crippen molar-refractivity contribution in [2.45, 2.75) is 51.4 Å². The minimum Gasteiger partial charge on any atom is -0.342 e. The zero-order chi connectivity index (χ0) is 12.4. The summed E-state index contributed by atoms with van der Waals surface area (Å²) in [5, 5.41) is 3.30. The van der Waals surface area contributed by atoms with E-state index < -0.39 is 0 Å². The van der Waals surface area contributed by atoms with Gasteiger partial charge in [0.25, 0.3) is 0 Å². The van der Waals surface area contributed by atoms with Crippen molar-refractivity contribution in [1.29, 1.82) is 0 Å². The average molecular weight is 250 g/mol. The van der Waals surface area contributed by atoms with Crippen molar-refractivity contribution in [3.63, 3.8) is 0 Å². The first-order valence-electron chi connectivity index (χ1n) is 7.79. The number of piperidine rings is 1. The predicted octanol–water partition coefficient (Wildman–Crippen LogP) is 2.17. The molecule has 0 radical (unpaired) electrons. The van der Waals surface area contributed by atoms with E-state index in [-0.39, 0.29) is 5.92 Å². The smallest absolute Gasteiger partial charge is 0.227 e. The van der Waals surface area contributed by atoms with Crippen LogP contribution in [0.1, 0.15) is 51.4 Å². The number of nitrogens with zero attached hydrogens (tertiary/aromatic N) is 1. The molecular formula is C15H26N2O. The van der Waals surface area contributed by atoms with Gasteiger partial charge in [-0.25, -0.2) is 0 Å². The fraction of sp³-hybridized carbons (Fsp3) is 0.933. The second-order valence-corrected chi connectivity index (χ2v) is 6.58. The molecular weight excluding hydrogens is 224 g/mol. The zero-order valence-corrected chi connectivity index (χ0v) is 11.4. The standard InChI is InChI=1S/C15H26N2O/c18-14(13-4-9-16-12-13)17-10-7-15(8-11-17)5-2-1-3-6-15/h13,16H,1-12H2. The van der Waals surface area contributed by atoms with Gasteiger partial charge in [-0.2, -0.15) is 0 Å². The highest BCUT2D eigenvalue weighted by Crippen LogP contribution is 2.44. The maximum Gasteiger partial charge on any atom is 0.227 e. The van der Waals surface area contributed by atoms with Crippen molar-refractivity contribution >= 4 is 5.91 Å². The topological polar surface area (TPSA) is 32.3 Å². The number of rotatable bonds is 1. The first-order valence-corrected chi connectivity index (χ1v) is 7.79. The summed E-state index contributed by atoms with van der Waals surface area (Å²) < 4.78 is 0. The summed E-state index contributed by atoms with van der Waals surface area (Å²) in [4.78, 5) is 14.5. The molecule has 2 heterocycles. The Bertz CT molecular complexity index is 294. The number of likely N-dealkylation sites (tertiary alicyclic amines) is 1. The van der Waals surface area contributed by atoms with Crippen LogP contribution in [0.3, 0.4) is 0 Å². The van der Waals surface area contributed by atoms with Crippen LogP contribution in [0.2, 0.25) is 0 Å². The van der Waals surface area contributed by atoms with Crippen LogP contribution < -0.4 is 5.32 Å². The van der Waals surface area contributed by atoms with Crippen LogP contribution in [0.4, 0.5) is 0 Å². The van der Waals surface area contributed by atoms with Gasteiger partial charge in [0.05, 0.1) is 5.92 Å². The molecule has 0 aromatic rings. The SMILES string of the molecule is O=C(C1CCNC1)N1CCC2(CCCCC2)CC1. The minimum absolute atomic E-state index is 0.269. The molecule has 2 aliphatic heterocycles. The average Bonchev–Trinajstić information content (AvgIpc) is 2.94. The van der Waals surface area contributed by atoms with Crippen molar-refractivity contribution in [1.82, 2.24) is 10.2 Å². The molecule has 18 heavy (non-hydrogen) atoms. The first-order chi connectivity index (χ1) is 8.79. The van der Waals surface area contributed by atoms with Gasteiger partial charge >= 0.3 is 0 Å². The van der Waals surface area contributed by atoms with Crippen LogP contribution in [0, 0.1) is 11.3 Å². The molecule has 1 atom stereocenters. The molecule has 3 heteroatoms. The van der Waals surface area contributed by atoms with Gasteiger partial charge in [-0.15, -0.1) is 0 Å². The normalized spacial score (nSPS) is 31.8. The van der Waals surface area contributed by atoms with E-state index in [1.54, 1.807) is 0 Å². The van der Waals surface area contributed by atoms with E-state index in [9.17, 15) is 4.79 Å². The predicted molar refractivity (Wildman–Crippen MR) is 72.3 cm³/mol. The lowest BCUT2D eigenvalue weighted by Gasteiger charge is -2.44. The zero-order valence-electron chi connectivity index (χ0n) is 11.4. The van der Waals surface area contributed by atoms with Crippen molar-refractivity contribution in [3.05, 3.63) is 0 Å². The van der Waals surface area contributed by atoms with Gasteiger partial charge in [-0.1, -0.05) is 19.3 Å². The summed E-state index contributed by atoms with van der Waals surface area (Å²) >= 11 is 0. The molecule has 1 saturated carbocycles. The minimum atomic E-state index is 0.269. The number of hydrogen-bond donors (Lipinski definition) is 1. The second kappa shape index (κ2) is 5.20. The van der Waals surface area contributed by atoms with E-state index in [1.807, 2.05) is 0 Å². The van der Waals surface area contributed by atoms with Gasteiger partial charge in [0.2, 0.25) is 5.91 Å². The first kappa shape index (κ1) is 12.5. The van der Waals surface area contributed by atoms with Crippen LogP contribution in [0.15, 0.2) is 0 Å². The Morgan fingerprint density at radius 3 is 2.39 bits per heavy atom. The second-order valence-electron chi connectivity index (χ2n) is 6.58. The molecule has 0 bridgehead atoms. The number of carbonyl (C=O) groups excluding carboxylic acids is 1. The van der Waals surface area contributed by atoms with Crippen LogP contribution >= 0.6 is 0 Å². The third-order valence-electron chi connectivity index (χ3n) is 5.46. The van der Waals surface area contributed by atoms with Crippen LogP contribution in [0.5, 0.6) is 0 Å². The Morgan fingerprint density at radius 1 is 1.06 bits per heavy atom. The third kappa shape index (κ3) is 2.42. The molecule has 3 aliphatic rings. The molecule has 1 N–H and O–H groups in total. The van der Waals surface area contributed by atoms with Crippen molar-refractivity contribution < 1.29 is 4.79 Å². The monoisotopic (exact) mass is 250 g/mol. The van der Waals surface area contributed by atoms with E-state index in [0.29, 0.717) is 11.3 Å². The third-order valence-corrected chi connectivity index (χ3v) is 5.46. The van der Waals surface area contributed by atoms with Crippen LogP contribution in [-0.2, 0) is 4.79 Å². The molecule has 1 spiro atoms. The molecule has 3 nitrogen and oxygen atoms in total. The Kier molecular flexibility index (Phi) is 3.60. The van der Waals surface area contributed by atoms with Crippen LogP contribution in [-0.4, -0.2) is 37.0 Å². The molecule has 0 aromatic carbocycles. The molecule has 0 aromatic heterocycles. The van der Waals surface area contributed by atoms with Crippen molar-refractivity contribution in [2.24, 2.45) is 11.3 Å². The summed E-state index contributed by atoms with van der Waals surface area (Å²) in [6, 6.07) is 0. The van der Waals surface area contributed by atoms with Gasteiger partial charge in [-0.05, 0) is 44.1 Å². The highest BCUT2D eigenvalue weighted by molar-refractivity contribution is 5.79. The number of nitrogens with one attached hydrogen (secondary N) is 1. The molecule has 1 aliphatic carbocycles. The van der Waals surface area contributed by atoms with E-state index in [0.717, 1.165) is 32.6 Å². The van der Waals surface area contributed by atoms with Crippen molar-refractivity contribution in [2.75, 3.05) is 26.2 Å². The Hall–Kier alpha value is -0.570. The van der Waals surface area contributed by atoms with Gasteiger partial charge in [0.15, 0.2) is 0 Å². The molecule has 102 valence electrons. The summed E-state index contributed by atoms with van der Waals surface area (Å²) in [6.45, 7) is 3.97. The van der Waals surface area contributed by atoms with Gasteiger partial charge in [0.1, 0.15) is 0 Å². The van der Waals surface area contributed by atoms with Crippen LogP contribution in [0.25, 0.3) is 0 Å².